The lowest BCUT2D eigenvalue weighted by Crippen LogP contribution is -2.15. The minimum Gasteiger partial charge on any atom is -0.399 e. The summed E-state index contributed by atoms with van der Waals surface area (Å²) in [7, 11) is 0. The van der Waals surface area contributed by atoms with Crippen molar-refractivity contribution < 1.29 is 5.11 Å². The average molecular weight is 290 g/mol. The molecule has 0 heterocycles. The van der Waals surface area contributed by atoms with Gasteiger partial charge in [-0.05, 0) is 24.6 Å². The highest BCUT2D eigenvalue weighted by Crippen LogP contribution is 2.26. The SMILES string of the molecule is CC(O)C(C)SCc1ccc(N)cc1Br. The second-order valence-corrected chi connectivity index (χ2v) is 5.83. The monoisotopic (exact) mass is 289 g/mol. The van der Waals surface area contributed by atoms with Gasteiger partial charge in [-0.25, -0.2) is 0 Å². The van der Waals surface area contributed by atoms with Gasteiger partial charge in [0.1, 0.15) is 0 Å². The quantitative estimate of drug-likeness (QED) is 0.838. The van der Waals surface area contributed by atoms with Gasteiger partial charge in [-0.1, -0.05) is 28.9 Å². The van der Waals surface area contributed by atoms with Crippen molar-refractivity contribution in [1.29, 1.82) is 0 Å². The molecule has 0 aromatic heterocycles. The molecule has 1 rings (SSSR count). The summed E-state index contributed by atoms with van der Waals surface area (Å²) in [6.07, 6.45) is -0.275. The minimum absolute atomic E-state index is 0.245. The normalized spacial score (nSPS) is 14.9. The number of thioether (sulfide) groups is 1. The molecule has 2 atom stereocenters. The Hall–Kier alpha value is -0.190. The average Bonchev–Trinajstić information content (AvgIpc) is 2.15. The van der Waals surface area contributed by atoms with Crippen LogP contribution in [0.1, 0.15) is 19.4 Å². The standard InChI is InChI=1S/C11H16BrNOS/c1-7(14)8(2)15-6-9-3-4-10(13)5-11(9)12/h3-5,7-8,14H,6,13H2,1-2H3. The van der Waals surface area contributed by atoms with Crippen LogP contribution in [0.15, 0.2) is 22.7 Å². The smallest absolute Gasteiger partial charge is 0.0628 e. The van der Waals surface area contributed by atoms with Crippen LogP contribution in [-0.4, -0.2) is 16.5 Å². The van der Waals surface area contributed by atoms with Gasteiger partial charge in [0, 0.05) is 21.2 Å². The van der Waals surface area contributed by atoms with Gasteiger partial charge in [0.2, 0.25) is 0 Å². The Labute approximate surface area is 103 Å². The molecule has 0 aliphatic rings. The van der Waals surface area contributed by atoms with Crippen molar-refractivity contribution in [3.05, 3.63) is 28.2 Å². The largest absolute Gasteiger partial charge is 0.399 e. The zero-order chi connectivity index (χ0) is 11.4. The van der Waals surface area contributed by atoms with Crippen LogP contribution >= 0.6 is 27.7 Å². The fraction of sp³-hybridized carbons (Fsp3) is 0.455. The second kappa shape index (κ2) is 5.77. The third-order valence-corrected chi connectivity index (χ3v) is 4.39. The van der Waals surface area contributed by atoms with Gasteiger partial charge in [0.15, 0.2) is 0 Å². The number of nitrogens with two attached hydrogens (primary N) is 1. The maximum absolute atomic E-state index is 9.36. The summed E-state index contributed by atoms with van der Waals surface area (Å²) in [5, 5.41) is 9.60. The molecule has 2 unspecified atom stereocenters. The van der Waals surface area contributed by atoms with E-state index in [9.17, 15) is 5.11 Å². The summed E-state index contributed by atoms with van der Waals surface area (Å²) in [5.74, 6) is 0.882. The van der Waals surface area contributed by atoms with Crippen molar-refractivity contribution in [1.82, 2.24) is 0 Å². The van der Waals surface area contributed by atoms with Gasteiger partial charge in [-0.15, -0.1) is 0 Å². The molecule has 0 aliphatic carbocycles. The number of anilines is 1. The molecular weight excluding hydrogens is 274 g/mol. The van der Waals surface area contributed by atoms with Gasteiger partial charge < -0.3 is 10.8 Å². The summed E-state index contributed by atoms with van der Waals surface area (Å²) in [6, 6.07) is 5.82. The van der Waals surface area contributed by atoms with Crippen molar-refractivity contribution in [3.63, 3.8) is 0 Å². The Morgan fingerprint density at radius 1 is 1.47 bits per heavy atom. The summed E-state index contributed by atoms with van der Waals surface area (Å²) >= 11 is 5.22. The fourth-order valence-corrected chi connectivity index (χ4v) is 2.74. The summed E-state index contributed by atoms with van der Waals surface area (Å²) in [4.78, 5) is 0. The maximum atomic E-state index is 9.36. The Kier molecular flexibility index (Phi) is 4.96. The summed E-state index contributed by atoms with van der Waals surface area (Å²) in [6.45, 7) is 3.84. The van der Waals surface area contributed by atoms with Crippen LogP contribution < -0.4 is 5.73 Å². The van der Waals surface area contributed by atoms with Gasteiger partial charge in [-0.2, -0.15) is 11.8 Å². The molecule has 1 aromatic carbocycles. The lowest BCUT2D eigenvalue weighted by Gasteiger charge is -2.14. The number of aliphatic hydroxyl groups excluding tert-OH is 1. The Morgan fingerprint density at radius 2 is 2.13 bits per heavy atom. The molecule has 0 amide bonds. The van der Waals surface area contributed by atoms with E-state index in [0.29, 0.717) is 0 Å². The molecule has 3 N–H and O–H groups in total. The zero-order valence-corrected chi connectivity index (χ0v) is 11.3. The predicted molar refractivity (Wildman–Crippen MR) is 71.0 cm³/mol. The minimum atomic E-state index is -0.275. The van der Waals surface area contributed by atoms with Crippen molar-refractivity contribution in [3.8, 4) is 0 Å². The number of benzene rings is 1. The highest BCUT2D eigenvalue weighted by molar-refractivity contribution is 9.10. The number of halogens is 1. The van der Waals surface area contributed by atoms with Crippen LogP contribution in [0.4, 0.5) is 5.69 Å². The van der Waals surface area contributed by atoms with E-state index in [4.69, 9.17) is 5.73 Å². The number of hydrogen-bond donors (Lipinski definition) is 2. The maximum Gasteiger partial charge on any atom is 0.0628 e. The van der Waals surface area contributed by atoms with E-state index >= 15 is 0 Å². The van der Waals surface area contributed by atoms with Gasteiger partial charge in [0.25, 0.3) is 0 Å². The molecule has 0 saturated heterocycles. The first-order valence-corrected chi connectivity index (χ1v) is 6.68. The first kappa shape index (κ1) is 12.9. The first-order chi connectivity index (χ1) is 7.00. The first-order valence-electron chi connectivity index (χ1n) is 4.84. The van der Waals surface area contributed by atoms with Crippen LogP contribution in [-0.2, 0) is 5.75 Å². The topological polar surface area (TPSA) is 46.2 Å². The predicted octanol–water partition coefficient (Wildman–Crippen LogP) is 3.03. The third kappa shape index (κ3) is 4.05. The molecule has 15 heavy (non-hydrogen) atoms. The lowest BCUT2D eigenvalue weighted by molar-refractivity contribution is 0.196. The Bertz CT molecular complexity index is 330. The molecule has 0 aliphatic heterocycles. The summed E-state index contributed by atoms with van der Waals surface area (Å²) in [5.41, 5.74) is 7.63. The zero-order valence-electron chi connectivity index (χ0n) is 8.90. The van der Waals surface area contributed by atoms with Crippen LogP contribution in [0.5, 0.6) is 0 Å². The molecule has 1 aromatic rings. The molecule has 84 valence electrons. The van der Waals surface area contributed by atoms with E-state index < -0.39 is 0 Å². The number of hydrogen-bond acceptors (Lipinski definition) is 3. The molecule has 0 saturated carbocycles. The fourth-order valence-electron chi connectivity index (χ4n) is 1.04. The molecule has 0 fully saturated rings. The molecule has 0 radical (unpaired) electrons. The molecule has 0 spiro atoms. The van der Waals surface area contributed by atoms with Gasteiger partial charge in [0.05, 0.1) is 6.10 Å². The molecule has 4 heteroatoms. The Balaban J connectivity index is 2.58. The number of rotatable bonds is 4. The van der Waals surface area contributed by atoms with Gasteiger partial charge >= 0.3 is 0 Å². The van der Waals surface area contributed by atoms with Crippen molar-refractivity contribution in [2.75, 3.05) is 5.73 Å². The van der Waals surface area contributed by atoms with Crippen molar-refractivity contribution in [2.24, 2.45) is 0 Å². The van der Waals surface area contributed by atoms with Crippen molar-refractivity contribution >= 4 is 33.4 Å². The van der Waals surface area contributed by atoms with Gasteiger partial charge in [-0.3, -0.25) is 0 Å². The van der Waals surface area contributed by atoms with Crippen LogP contribution in [0.2, 0.25) is 0 Å². The van der Waals surface area contributed by atoms with Crippen LogP contribution in [0, 0.1) is 0 Å². The third-order valence-electron chi connectivity index (χ3n) is 2.26. The van der Waals surface area contributed by atoms with Crippen LogP contribution in [0.25, 0.3) is 0 Å². The highest BCUT2D eigenvalue weighted by atomic mass is 79.9. The lowest BCUT2D eigenvalue weighted by atomic mass is 10.2. The number of aliphatic hydroxyl groups is 1. The molecular formula is C11H16BrNOS. The van der Waals surface area contributed by atoms with E-state index in [2.05, 4.69) is 15.9 Å². The van der Waals surface area contributed by atoms with E-state index in [1.807, 2.05) is 32.0 Å². The van der Waals surface area contributed by atoms with E-state index in [1.54, 1.807) is 11.8 Å². The molecule has 0 bridgehead atoms. The molecule has 2 nitrogen and oxygen atoms in total. The Morgan fingerprint density at radius 3 is 2.67 bits per heavy atom. The van der Waals surface area contributed by atoms with E-state index in [0.717, 1.165) is 15.9 Å². The second-order valence-electron chi connectivity index (χ2n) is 3.61. The summed E-state index contributed by atoms with van der Waals surface area (Å²) < 4.78 is 1.03. The van der Waals surface area contributed by atoms with Crippen molar-refractivity contribution in [2.45, 2.75) is 31.0 Å². The number of nitrogen functional groups attached to an aromatic ring is 1. The van der Waals surface area contributed by atoms with E-state index in [-0.39, 0.29) is 11.4 Å². The van der Waals surface area contributed by atoms with E-state index in [1.165, 1.54) is 5.56 Å². The highest BCUT2D eigenvalue weighted by Gasteiger charge is 2.10. The van der Waals surface area contributed by atoms with Crippen LogP contribution in [0.3, 0.4) is 0 Å².